The zero-order valence-electron chi connectivity index (χ0n) is 17.1. The standard InChI is InChI=1S/C24H24N2O3/c1-15-7-5-8-16(11-15)12-17-9-6-10-19-22(17)26-24(25-19)18-13-20(27-2)23(29-4)21(14-18)28-3/h5-11,13-14H,12H2,1-4H3,(H,25,26). The lowest BCUT2D eigenvalue weighted by atomic mass is 10.0. The molecule has 1 N–H and O–H groups in total. The second-order valence-electron chi connectivity index (χ2n) is 6.98. The van der Waals surface area contributed by atoms with E-state index in [2.05, 4.69) is 48.3 Å². The predicted molar refractivity (Wildman–Crippen MR) is 115 cm³/mol. The van der Waals surface area contributed by atoms with E-state index < -0.39 is 0 Å². The summed E-state index contributed by atoms with van der Waals surface area (Å²) < 4.78 is 16.4. The van der Waals surface area contributed by atoms with Crippen LogP contribution in [-0.2, 0) is 6.42 Å². The Labute approximate surface area is 170 Å². The summed E-state index contributed by atoms with van der Waals surface area (Å²) >= 11 is 0. The monoisotopic (exact) mass is 388 g/mol. The maximum absolute atomic E-state index is 5.48. The lowest BCUT2D eigenvalue weighted by Gasteiger charge is -2.13. The van der Waals surface area contributed by atoms with Crippen LogP contribution in [0.5, 0.6) is 17.2 Å². The van der Waals surface area contributed by atoms with Crippen LogP contribution in [0.25, 0.3) is 22.4 Å². The van der Waals surface area contributed by atoms with Crippen LogP contribution in [0.4, 0.5) is 0 Å². The second-order valence-corrected chi connectivity index (χ2v) is 6.98. The molecular formula is C24H24N2O3. The number of rotatable bonds is 6. The van der Waals surface area contributed by atoms with E-state index in [1.54, 1.807) is 21.3 Å². The Morgan fingerprint density at radius 1 is 0.862 bits per heavy atom. The number of nitrogens with one attached hydrogen (secondary N) is 1. The van der Waals surface area contributed by atoms with Gasteiger partial charge < -0.3 is 19.2 Å². The normalized spacial score (nSPS) is 10.9. The van der Waals surface area contributed by atoms with E-state index >= 15 is 0 Å². The van der Waals surface area contributed by atoms with Gasteiger partial charge in [0.25, 0.3) is 0 Å². The number of H-pyrrole nitrogens is 1. The van der Waals surface area contributed by atoms with Gasteiger partial charge >= 0.3 is 0 Å². The fourth-order valence-electron chi connectivity index (χ4n) is 3.63. The highest BCUT2D eigenvalue weighted by atomic mass is 16.5. The van der Waals surface area contributed by atoms with Crippen LogP contribution >= 0.6 is 0 Å². The van der Waals surface area contributed by atoms with Crippen molar-refractivity contribution >= 4 is 11.0 Å². The molecule has 0 saturated carbocycles. The number of imidazole rings is 1. The molecule has 0 radical (unpaired) electrons. The van der Waals surface area contributed by atoms with Crippen LogP contribution in [0.2, 0.25) is 0 Å². The average molecular weight is 388 g/mol. The second kappa shape index (κ2) is 7.87. The molecular weight excluding hydrogens is 364 g/mol. The van der Waals surface area contributed by atoms with E-state index in [9.17, 15) is 0 Å². The summed E-state index contributed by atoms with van der Waals surface area (Å²) in [6.07, 6.45) is 0.832. The smallest absolute Gasteiger partial charge is 0.203 e. The van der Waals surface area contributed by atoms with E-state index in [1.165, 1.54) is 16.7 Å². The Hall–Kier alpha value is -3.47. The average Bonchev–Trinajstić information content (AvgIpc) is 3.18. The molecule has 3 aromatic carbocycles. The summed E-state index contributed by atoms with van der Waals surface area (Å²) in [6.45, 7) is 2.11. The van der Waals surface area contributed by atoms with E-state index in [-0.39, 0.29) is 0 Å². The van der Waals surface area contributed by atoms with Crippen molar-refractivity contribution in [2.45, 2.75) is 13.3 Å². The largest absolute Gasteiger partial charge is 0.493 e. The van der Waals surface area contributed by atoms with Crippen LogP contribution in [0.15, 0.2) is 54.6 Å². The quantitative estimate of drug-likeness (QED) is 0.496. The van der Waals surface area contributed by atoms with Gasteiger partial charge in [0, 0.05) is 5.56 Å². The first-order valence-electron chi connectivity index (χ1n) is 9.46. The molecule has 0 fully saturated rings. The van der Waals surface area contributed by atoms with Gasteiger partial charge in [-0.2, -0.15) is 0 Å². The summed E-state index contributed by atoms with van der Waals surface area (Å²) in [4.78, 5) is 8.33. The fourth-order valence-corrected chi connectivity index (χ4v) is 3.63. The molecule has 0 aliphatic heterocycles. The van der Waals surface area contributed by atoms with Crippen LogP contribution in [0.1, 0.15) is 16.7 Å². The van der Waals surface area contributed by atoms with Gasteiger partial charge in [-0.25, -0.2) is 4.98 Å². The number of hydrogen-bond acceptors (Lipinski definition) is 4. The zero-order valence-corrected chi connectivity index (χ0v) is 17.1. The first kappa shape index (κ1) is 18.9. The van der Waals surface area contributed by atoms with Crippen molar-refractivity contribution in [3.63, 3.8) is 0 Å². The van der Waals surface area contributed by atoms with Gasteiger partial charge in [0.05, 0.1) is 32.4 Å². The molecule has 0 spiro atoms. The van der Waals surface area contributed by atoms with E-state index in [4.69, 9.17) is 19.2 Å². The Balaban J connectivity index is 1.79. The fraction of sp³-hybridized carbons (Fsp3) is 0.208. The third kappa shape index (κ3) is 3.63. The Bertz CT molecular complexity index is 1140. The minimum absolute atomic E-state index is 0.565. The molecule has 0 aliphatic rings. The number of aryl methyl sites for hydroxylation is 1. The van der Waals surface area contributed by atoms with Crippen molar-refractivity contribution in [1.82, 2.24) is 9.97 Å². The van der Waals surface area contributed by atoms with Crippen molar-refractivity contribution in [2.24, 2.45) is 0 Å². The minimum atomic E-state index is 0.565. The SMILES string of the molecule is COc1cc(-c2nc3c(Cc4cccc(C)c4)cccc3[nH]2)cc(OC)c1OC. The molecule has 0 aliphatic carbocycles. The van der Waals surface area contributed by atoms with E-state index in [1.807, 2.05) is 18.2 Å². The van der Waals surface area contributed by atoms with Gasteiger partial charge in [0.15, 0.2) is 11.5 Å². The number of nitrogens with zero attached hydrogens (tertiary/aromatic N) is 1. The molecule has 5 heteroatoms. The molecule has 0 unspecified atom stereocenters. The van der Waals surface area contributed by atoms with Crippen molar-refractivity contribution in [1.29, 1.82) is 0 Å². The van der Waals surface area contributed by atoms with Gasteiger partial charge in [-0.05, 0) is 42.7 Å². The number of aromatic amines is 1. The number of methoxy groups -OCH3 is 3. The molecule has 5 nitrogen and oxygen atoms in total. The maximum Gasteiger partial charge on any atom is 0.203 e. The molecule has 29 heavy (non-hydrogen) atoms. The van der Waals surface area contributed by atoms with Gasteiger partial charge in [-0.3, -0.25) is 0 Å². The molecule has 1 heterocycles. The van der Waals surface area contributed by atoms with E-state index in [0.29, 0.717) is 17.2 Å². The van der Waals surface area contributed by atoms with Gasteiger partial charge in [-0.15, -0.1) is 0 Å². The summed E-state index contributed by atoms with van der Waals surface area (Å²) in [5.74, 6) is 2.52. The summed E-state index contributed by atoms with van der Waals surface area (Å²) in [5.41, 5.74) is 6.56. The van der Waals surface area contributed by atoms with Crippen molar-refractivity contribution < 1.29 is 14.2 Å². The number of para-hydroxylation sites is 1. The summed E-state index contributed by atoms with van der Waals surface area (Å²) in [7, 11) is 4.82. The molecule has 4 aromatic rings. The first-order chi connectivity index (χ1) is 14.1. The van der Waals surface area contributed by atoms with Gasteiger partial charge in [0.2, 0.25) is 5.75 Å². The number of ether oxygens (including phenoxy) is 3. The number of fused-ring (bicyclic) bond motifs is 1. The molecule has 0 saturated heterocycles. The molecule has 0 amide bonds. The Morgan fingerprint density at radius 3 is 2.24 bits per heavy atom. The topological polar surface area (TPSA) is 56.4 Å². The molecule has 4 rings (SSSR count). The van der Waals surface area contributed by atoms with E-state index in [0.717, 1.165) is 28.8 Å². The first-order valence-corrected chi connectivity index (χ1v) is 9.46. The molecule has 0 atom stereocenters. The Kier molecular flexibility index (Phi) is 5.12. The van der Waals surface area contributed by atoms with Gasteiger partial charge in [-0.1, -0.05) is 42.0 Å². The minimum Gasteiger partial charge on any atom is -0.493 e. The maximum atomic E-state index is 5.48. The van der Waals surface area contributed by atoms with Crippen molar-refractivity contribution in [3.05, 3.63) is 71.3 Å². The van der Waals surface area contributed by atoms with Crippen LogP contribution in [0, 0.1) is 6.92 Å². The third-order valence-corrected chi connectivity index (χ3v) is 5.01. The highest BCUT2D eigenvalue weighted by Crippen LogP contribution is 2.41. The predicted octanol–water partition coefficient (Wildman–Crippen LogP) is 5.15. The van der Waals surface area contributed by atoms with Crippen LogP contribution in [-0.4, -0.2) is 31.3 Å². The third-order valence-electron chi connectivity index (χ3n) is 5.01. The summed E-state index contributed by atoms with van der Waals surface area (Å²) in [6, 6.07) is 18.6. The number of hydrogen-bond donors (Lipinski definition) is 1. The van der Waals surface area contributed by atoms with Crippen molar-refractivity contribution in [3.8, 4) is 28.6 Å². The lowest BCUT2D eigenvalue weighted by Crippen LogP contribution is -1.96. The number of benzene rings is 3. The van der Waals surface area contributed by atoms with Gasteiger partial charge in [0.1, 0.15) is 5.82 Å². The highest BCUT2D eigenvalue weighted by molar-refractivity contribution is 5.83. The molecule has 0 bridgehead atoms. The molecule has 1 aromatic heterocycles. The highest BCUT2D eigenvalue weighted by Gasteiger charge is 2.17. The van der Waals surface area contributed by atoms with Crippen molar-refractivity contribution in [2.75, 3.05) is 21.3 Å². The lowest BCUT2D eigenvalue weighted by molar-refractivity contribution is 0.324. The number of aromatic nitrogens is 2. The summed E-state index contributed by atoms with van der Waals surface area (Å²) in [5, 5.41) is 0. The van der Waals surface area contributed by atoms with Crippen LogP contribution < -0.4 is 14.2 Å². The van der Waals surface area contributed by atoms with Crippen LogP contribution in [0.3, 0.4) is 0 Å². The zero-order chi connectivity index (χ0) is 20.4. The molecule has 148 valence electrons. The Morgan fingerprint density at radius 2 is 1.59 bits per heavy atom.